The number of thiophene rings is 1. The maximum absolute atomic E-state index is 2.43. The lowest BCUT2D eigenvalue weighted by molar-refractivity contribution is 1.31. The Kier molecular flexibility index (Phi) is 6.75. The van der Waals surface area contributed by atoms with E-state index in [4.69, 9.17) is 0 Å². The van der Waals surface area contributed by atoms with Crippen LogP contribution in [0.1, 0.15) is 0 Å². The molecule has 1 nitrogen and oxygen atoms in total. The van der Waals surface area contributed by atoms with E-state index in [1.54, 1.807) is 0 Å². The van der Waals surface area contributed by atoms with Crippen molar-refractivity contribution in [3.63, 3.8) is 0 Å². The summed E-state index contributed by atoms with van der Waals surface area (Å²) in [5.74, 6) is 0. The largest absolute Gasteiger partial charge is 0.310 e. The highest BCUT2D eigenvalue weighted by molar-refractivity contribution is 7.25. The van der Waals surface area contributed by atoms with Crippen LogP contribution in [0, 0.1) is 0 Å². The first-order valence-electron chi connectivity index (χ1n) is 17.1. The molecule has 0 unspecified atom stereocenters. The van der Waals surface area contributed by atoms with Crippen LogP contribution < -0.4 is 4.90 Å². The Labute approximate surface area is 294 Å². The maximum atomic E-state index is 2.43. The molecule has 0 aliphatic rings. The molecule has 2 heteroatoms. The van der Waals surface area contributed by atoms with E-state index in [-0.39, 0.29) is 0 Å². The van der Waals surface area contributed by atoms with E-state index in [9.17, 15) is 0 Å². The molecule has 9 aromatic carbocycles. The van der Waals surface area contributed by atoms with E-state index >= 15 is 0 Å². The van der Waals surface area contributed by atoms with E-state index < -0.39 is 0 Å². The summed E-state index contributed by atoms with van der Waals surface area (Å²) in [6, 6.07) is 68.8. The molecular formula is C48H31NS. The zero-order chi connectivity index (χ0) is 33.0. The molecular weight excluding hydrogens is 623 g/mol. The Bertz CT molecular complexity index is 2880. The number of benzene rings is 9. The Morgan fingerprint density at radius 2 is 0.840 bits per heavy atom. The van der Waals surface area contributed by atoms with Crippen molar-refractivity contribution in [1.29, 1.82) is 0 Å². The van der Waals surface area contributed by atoms with Crippen molar-refractivity contribution in [3.8, 4) is 22.3 Å². The molecule has 0 saturated heterocycles. The van der Waals surface area contributed by atoms with E-state index in [1.807, 2.05) is 11.3 Å². The Morgan fingerprint density at radius 1 is 0.300 bits per heavy atom. The fraction of sp³-hybridized carbons (Fsp3) is 0. The summed E-state index contributed by atoms with van der Waals surface area (Å²) in [6.07, 6.45) is 0. The zero-order valence-electron chi connectivity index (χ0n) is 27.3. The molecule has 1 heterocycles. The van der Waals surface area contributed by atoms with Crippen molar-refractivity contribution in [2.75, 3.05) is 4.90 Å². The van der Waals surface area contributed by atoms with Gasteiger partial charge in [0.1, 0.15) is 0 Å². The lowest BCUT2D eigenvalue weighted by atomic mass is 9.96. The molecule has 0 amide bonds. The quantitative estimate of drug-likeness (QED) is 0.179. The number of anilines is 3. The predicted octanol–water partition coefficient (Wildman–Crippen LogP) is 14.3. The van der Waals surface area contributed by atoms with Crippen LogP contribution >= 0.6 is 11.3 Å². The average molecular weight is 654 g/mol. The van der Waals surface area contributed by atoms with Gasteiger partial charge in [-0.3, -0.25) is 0 Å². The van der Waals surface area contributed by atoms with Gasteiger partial charge in [0, 0.05) is 36.9 Å². The summed E-state index contributed by atoms with van der Waals surface area (Å²) in [6.45, 7) is 0. The fourth-order valence-electron chi connectivity index (χ4n) is 7.47. The average Bonchev–Trinajstić information content (AvgIpc) is 3.56. The minimum absolute atomic E-state index is 1.14. The zero-order valence-corrected chi connectivity index (χ0v) is 28.1. The molecule has 0 spiro atoms. The first-order valence-corrected chi connectivity index (χ1v) is 17.9. The van der Waals surface area contributed by atoms with Crippen LogP contribution in [0.5, 0.6) is 0 Å². The number of hydrogen-bond donors (Lipinski definition) is 0. The van der Waals surface area contributed by atoms with Crippen LogP contribution in [-0.4, -0.2) is 0 Å². The first kappa shape index (κ1) is 28.8. The van der Waals surface area contributed by atoms with Gasteiger partial charge in [-0.1, -0.05) is 127 Å². The van der Waals surface area contributed by atoms with E-state index in [2.05, 4.69) is 193 Å². The van der Waals surface area contributed by atoms with Gasteiger partial charge in [0.25, 0.3) is 0 Å². The minimum atomic E-state index is 1.14. The number of hydrogen-bond acceptors (Lipinski definition) is 2. The molecule has 10 aromatic rings. The third-order valence-electron chi connectivity index (χ3n) is 9.99. The molecule has 50 heavy (non-hydrogen) atoms. The normalized spacial score (nSPS) is 11.6. The van der Waals surface area contributed by atoms with Gasteiger partial charge < -0.3 is 4.90 Å². The second-order valence-electron chi connectivity index (χ2n) is 13.0. The summed E-state index contributed by atoms with van der Waals surface area (Å²) in [5.41, 5.74) is 8.40. The summed E-state index contributed by atoms with van der Waals surface area (Å²) in [5, 5.41) is 10.0. The van der Waals surface area contributed by atoms with Crippen LogP contribution in [0.15, 0.2) is 188 Å². The maximum Gasteiger partial charge on any atom is 0.0540 e. The van der Waals surface area contributed by atoms with Crippen LogP contribution in [-0.2, 0) is 0 Å². The van der Waals surface area contributed by atoms with Crippen molar-refractivity contribution >= 4 is 80.9 Å². The van der Waals surface area contributed by atoms with Gasteiger partial charge in [-0.25, -0.2) is 0 Å². The van der Waals surface area contributed by atoms with Crippen molar-refractivity contribution in [2.45, 2.75) is 0 Å². The van der Waals surface area contributed by atoms with E-state index in [0.717, 1.165) is 11.4 Å². The molecule has 0 N–H and O–H groups in total. The van der Waals surface area contributed by atoms with Crippen LogP contribution in [0.2, 0.25) is 0 Å². The van der Waals surface area contributed by atoms with E-state index in [0.29, 0.717) is 0 Å². The molecule has 0 atom stereocenters. The third kappa shape index (κ3) is 4.92. The van der Waals surface area contributed by atoms with Crippen molar-refractivity contribution < 1.29 is 0 Å². The molecule has 0 aliphatic heterocycles. The highest BCUT2D eigenvalue weighted by Gasteiger charge is 2.17. The highest BCUT2D eigenvalue weighted by atomic mass is 32.1. The van der Waals surface area contributed by atoms with Crippen LogP contribution in [0.3, 0.4) is 0 Å². The molecule has 1 aromatic heterocycles. The lowest BCUT2D eigenvalue weighted by Crippen LogP contribution is -2.10. The van der Waals surface area contributed by atoms with E-state index in [1.165, 1.54) is 80.4 Å². The van der Waals surface area contributed by atoms with Crippen molar-refractivity contribution in [1.82, 2.24) is 0 Å². The van der Waals surface area contributed by atoms with Gasteiger partial charge in [0.15, 0.2) is 0 Å². The fourth-order valence-corrected chi connectivity index (χ4v) is 8.56. The summed E-state index contributed by atoms with van der Waals surface area (Å²) >= 11 is 1.86. The Morgan fingerprint density at radius 3 is 1.60 bits per heavy atom. The summed E-state index contributed by atoms with van der Waals surface area (Å²) in [4.78, 5) is 2.43. The summed E-state index contributed by atoms with van der Waals surface area (Å²) < 4.78 is 2.63. The van der Waals surface area contributed by atoms with Crippen LogP contribution in [0.4, 0.5) is 17.1 Å². The second-order valence-corrected chi connectivity index (χ2v) is 14.1. The van der Waals surface area contributed by atoms with Gasteiger partial charge in [0.05, 0.1) is 5.69 Å². The highest BCUT2D eigenvalue weighted by Crippen LogP contribution is 2.43. The van der Waals surface area contributed by atoms with Gasteiger partial charge in [-0.15, -0.1) is 11.3 Å². The second kappa shape index (κ2) is 11.7. The SMILES string of the molecule is c1ccc(-c2ccc3cc(-c4ccc5cc(N(c6ccc7sc8ccccc8c7c6)c6cccc7ccccc67)ccc5c4)ccc3c2)cc1. The molecule has 0 radical (unpaired) electrons. The third-order valence-corrected chi connectivity index (χ3v) is 11.1. The Balaban J connectivity index is 1.07. The lowest BCUT2D eigenvalue weighted by Gasteiger charge is -2.27. The minimum Gasteiger partial charge on any atom is -0.310 e. The Hall–Kier alpha value is -6.22. The monoisotopic (exact) mass is 653 g/mol. The number of fused-ring (bicyclic) bond motifs is 6. The number of rotatable bonds is 5. The van der Waals surface area contributed by atoms with Gasteiger partial charge in [-0.2, -0.15) is 0 Å². The predicted molar refractivity (Wildman–Crippen MR) is 217 cm³/mol. The molecule has 10 rings (SSSR count). The molecule has 0 saturated carbocycles. The standard InChI is InChI=1S/C48H31NS/c1-2-9-32(10-3-1)34-17-18-36-28-37(20-19-35(36)27-34)38-21-22-40-30-41(24-23-39(40)29-38)49(46-15-8-12-33-11-4-5-13-43(33)46)42-25-26-48-45(31-42)44-14-6-7-16-47(44)50-48/h1-31H. The molecule has 0 aliphatic carbocycles. The smallest absolute Gasteiger partial charge is 0.0540 e. The molecule has 234 valence electrons. The summed E-state index contributed by atoms with van der Waals surface area (Å²) in [7, 11) is 0. The molecule has 0 bridgehead atoms. The van der Waals surface area contributed by atoms with Crippen molar-refractivity contribution in [3.05, 3.63) is 188 Å². The van der Waals surface area contributed by atoms with Gasteiger partial charge >= 0.3 is 0 Å². The van der Waals surface area contributed by atoms with Gasteiger partial charge in [0.2, 0.25) is 0 Å². The van der Waals surface area contributed by atoms with Gasteiger partial charge in [-0.05, 0) is 110 Å². The first-order chi connectivity index (χ1) is 24.7. The number of nitrogens with zero attached hydrogens (tertiary/aromatic N) is 1. The van der Waals surface area contributed by atoms with Crippen LogP contribution in [0.25, 0.3) is 74.7 Å². The topological polar surface area (TPSA) is 3.24 Å². The van der Waals surface area contributed by atoms with Crippen molar-refractivity contribution in [2.24, 2.45) is 0 Å². The molecule has 0 fully saturated rings.